The highest BCUT2D eigenvalue weighted by Crippen LogP contribution is 2.43. The van der Waals surface area contributed by atoms with Gasteiger partial charge in [0.1, 0.15) is 5.75 Å². The molecule has 0 amide bonds. The van der Waals surface area contributed by atoms with Crippen molar-refractivity contribution >= 4 is 0 Å². The molecule has 5 heteroatoms. The Bertz CT molecular complexity index is 415. The summed E-state index contributed by atoms with van der Waals surface area (Å²) in [5.41, 5.74) is 6.48. The molecule has 0 bridgehead atoms. The molecule has 1 aromatic rings. The SMILES string of the molecule is CC(C1CC1)C(N)c1ccccc1OC(F)(F)F. The zero-order valence-corrected chi connectivity index (χ0v) is 10.1. The Hall–Kier alpha value is -1.23. The molecule has 2 unspecified atom stereocenters. The second kappa shape index (κ2) is 4.80. The highest BCUT2D eigenvalue weighted by Gasteiger charge is 2.36. The highest BCUT2D eigenvalue weighted by atomic mass is 19.4. The van der Waals surface area contributed by atoms with Crippen LogP contribution in [0.25, 0.3) is 0 Å². The third kappa shape index (κ3) is 3.16. The number of alkyl halides is 3. The van der Waals surface area contributed by atoms with E-state index >= 15 is 0 Å². The molecule has 2 N–H and O–H groups in total. The molecule has 0 radical (unpaired) electrons. The lowest BCUT2D eigenvalue weighted by Gasteiger charge is -2.22. The average molecular weight is 259 g/mol. The Kier molecular flexibility index (Phi) is 3.52. The lowest BCUT2D eigenvalue weighted by Crippen LogP contribution is -2.24. The van der Waals surface area contributed by atoms with E-state index in [0.29, 0.717) is 11.5 Å². The zero-order chi connectivity index (χ0) is 13.3. The Morgan fingerprint density at radius 3 is 2.44 bits per heavy atom. The summed E-state index contributed by atoms with van der Waals surface area (Å²) in [7, 11) is 0. The van der Waals surface area contributed by atoms with Gasteiger partial charge >= 0.3 is 6.36 Å². The fourth-order valence-electron chi connectivity index (χ4n) is 2.17. The Labute approximate surface area is 104 Å². The molecule has 18 heavy (non-hydrogen) atoms. The average Bonchev–Trinajstić information content (AvgIpc) is 3.09. The topological polar surface area (TPSA) is 35.2 Å². The minimum absolute atomic E-state index is 0.169. The predicted octanol–water partition coefficient (Wildman–Crippen LogP) is 3.63. The molecule has 2 rings (SSSR count). The van der Waals surface area contributed by atoms with E-state index in [0.717, 1.165) is 12.8 Å². The van der Waals surface area contributed by atoms with Gasteiger partial charge in [0, 0.05) is 11.6 Å². The maximum Gasteiger partial charge on any atom is 0.573 e. The van der Waals surface area contributed by atoms with Crippen molar-refractivity contribution in [3.63, 3.8) is 0 Å². The van der Waals surface area contributed by atoms with Gasteiger partial charge in [-0.25, -0.2) is 0 Å². The second-order valence-corrected chi connectivity index (χ2v) is 4.81. The van der Waals surface area contributed by atoms with Crippen LogP contribution in [0.3, 0.4) is 0 Å². The summed E-state index contributed by atoms with van der Waals surface area (Å²) in [6.45, 7) is 1.98. The molecule has 0 aliphatic heterocycles. The third-order valence-electron chi connectivity index (χ3n) is 3.44. The van der Waals surface area contributed by atoms with Crippen molar-refractivity contribution in [2.75, 3.05) is 0 Å². The Morgan fingerprint density at radius 1 is 1.28 bits per heavy atom. The molecular weight excluding hydrogens is 243 g/mol. The van der Waals surface area contributed by atoms with Crippen LogP contribution >= 0.6 is 0 Å². The van der Waals surface area contributed by atoms with Crippen LogP contribution in [0.5, 0.6) is 5.75 Å². The first-order valence-electron chi connectivity index (χ1n) is 5.99. The van der Waals surface area contributed by atoms with E-state index in [9.17, 15) is 13.2 Å². The molecule has 1 aliphatic carbocycles. The molecule has 1 saturated carbocycles. The van der Waals surface area contributed by atoms with Crippen molar-refractivity contribution in [1.29, 1.82) is 0 Å². The van der Waals surface area contributed by atoms with Crippen molar-refractivity contribution in [2.24, 2.45) is 17.6 Å². The summed E-state index contributed by atoms with van der Waals surface area (Å²) in [6.07, 6.45) is -2.47. The molecule has 0 heterocycles. The summed E-state index contributed by atoms with van der Waals surface area (Å²) in [6, 6.07) is 5.68. The van der Waals surface area contributed by atoms with Gasteiger partial charge in [-0.05, 0) is 30.7 Å². The number of rotatable bonds is 4. The van der Waals surface area contributed by atoms with E-state index in [4.69, 9.17) is 5.73 Å². The Balaban J connectivity index is 2.20. The van der Waals surface area contributed by atoms with Gasteiger partial charge in [0.25, 0.3) is 0 Å². The quantitative estimate of drug-likeness (QED) is 0.896. The first-order chi connectivity index (χ1) is 8.38. The van der Waals surface area contributed by atoms with Crippen LogP contribution < -0.4 is 10.5 Å². The van der Waals surface area contributed by atoms with Crippen molar-refractivity contribution in [1.82, 2.24) is 0 Å². The smallest absolute Gasteiger partial charge is 0.405 e. The van der Waals surface area contributed by atoms with E-state index < -0.39 is 12.4 Å². The summed E-state index contributed by atoms with van der Waals surface area (Å²) >= 11 is 0. The standard InChI is InChI=1S/C13H16F3NO/c1-8(9-6-7-9)12(17)10-4-2-3-5-11(10)18-13(14,15)16/h2-5,8-9,12H,6-7,17H2,1H3. The van der Waals surface area contributed by atoms with E-state index in [1.54, 1.807) is 12.1 Å². The number of ether oxygens (including phenoxy) is 1. The van der Waals surface area contributed by atoms with Gasteiger partial charge in [0.05, 0.1) is 0 Å². The van der Waals surface area contributed by atoms with Gasteiger partial charge in [-0.3, -0.25) is 0 Å². The molecule has 1 fully saturated rings. The van der Waals surface area contributed by atoms with Gasteiger partial charge < -0.3 is 10.5 Å². The maximum atomic E-state index is 12.3. The minimum Gasteiger partial charge on any atom is -0.405 e. The summed E-state index contributed by atoms with van der Waals surface area (Å²) in [5, 5.41) is 0. The number of halogens is 3. The van der Waals surface area contributed by atoms with E-state index in [-0.39, 0.29) is 11.7 Å². The molecule has 100 valence electrons. The first-order valence-corrected chi connectivity index (χ1v) is 5.99. The van der Waals surface area contributed by atoms with Gasteiger partial charge in [-0.2, -0.15) is 0 Å². The molecular formula is C13H16F3NO. The van der Waals surface area contributed by atoms with Crippen LogP contribution in [-0.2, 0) is 0 Å². The molecule has 0 saturated heterocycles. The summed E-state index contributed by atoms with van der Waals surface area (Å²) < 4.78 is 40.9. The van der Waals surface area contributed by atoms with Crippen LogP contribution in [0.2, 0.25) is 0 Å². The highest BCUT2D eigenvalue weighted by molar-refractivity contribution is 5.36. The second-order valence-electron chi connectivity index (χ2n) is 4.81. The maximum absolute atomic E-state index is 12.3. The molecule has 1 aliphatic rings. The molecule has 2 nitrogen and oxygen atoms in total. The monoisotopic (exact) mass is 259 g/mol. The van der Waals surface area contributed by atoms with Crippen LogP contribution in [0, 0.1) is 11.8 Å². The normalized spacial score (nSPS) is 19.4. The summed E-state index contributed by atoms with van der Waals surface area (Å²) in [4.78, 5) is 0. The van der Waals surface area contributed by atoms with Crippen LogP contribution in [0.15, 0.2) is 24.3 Å². The van der Waals surface area contributed by atoms with Crippen molar-refractivity contribution in [3.8, 4) is 5.75 Å². The first kappa shape index (κ1) is 13.2. The van der Waals surface area contributed by atoms with Gasteiger partial charge in [-0.1, -0.05) is 25.1 Å². The molecule has 0 spiro atoms. The third-order valence-corrected chi connectivity index (χ3v) is 3.44. The number of para-hydroxylation sites is 1. The lowest BCUT2D eigenvalue weighted by molar-refractivity contribution is -0.275. The molecule has 2 atom stereocenters. The van der Waals surface area contributed by atoms with Gasteiger partial charge in [0.15, 0.2) is 0 Å². The van der Waals surface area contributed by atoms with Gasteiger partial charge in [0.2, 0.25) is 0 Å². The van der Waals surface area contributed by atoms with E-state index in [1.807, 2.05) is 6.92 Å². The van der Waals surface area contributed by atoms with Crippen LogP contribution in [-0.4, -0.2) is 6.36 Å². The van der Waals surface area contributed by atoms with E-state index in [1.165, 1.54) is 12.1 Å². The minimum atomic E-state index is -4.68. The van der Waals surface area contributed by atoms with E-state index in [2.05, 4.69) is 4.74 Å². The predicted molar refractivity (Wildman–Crippen MR) is 61.9 cm³/mol. The molecule has 0 aromatic heterocycles. The number of hydrogen-bond acceptors (Lipinski definition) is 2. The fraction of sp³-hybridized carbons (Fsp3) is 0.538. The van der Waals surface area contributed by atoms with Crippen LogP contribution in [0.4, 0.5) is 13.2 Å². The number of nitrogens with two attached hydrogens (primary N) is 1. The fourth-order valence-corrected chi connectivity index (χ4v) is 2.17. The Morgan fingerprint density at radius 2 is 1.89 bits per heavy atom. The number of hydrogen-bond donors (Lipinski definition) is 1. The van der Waals surface area contributed by atoms with Crippen molar-refractivity contribution in [2.45, 2.75) is 32.2 Å². The largest absolute Gasteiger partial charge is 0.573 e. The zero-order valence-electron chi connectivity index (χ0n) is 10.1. The van der Waals surface area contributed by atoms with Crippen LogP contribution in [0.1, 0.15) is 31.4 Å². The van der Waals surface area contributed by atoms with Crippen molar-refractivity contribution in [3.05, 3.63) is 29.8 Å². The summed E-state index contributed by atoms with van der Waals surface area (Å²) in [5.74, 6) is 0.506. The number of benzene rings is 1. The lowest BCUT2D eigenvalue weighted by atomic mass is 9.91. The molecule has 1 aromatic carbocycles. The van der Waals surface area contributed by atoms with Crippen molar-refractivity contribution < 1.29 is 17.9 Å². The van der Waals surface area contributed by atoms with Gasteiger partial charge in [-0.15, -0.1) is 13.2 Å².